The van der Waals surface area contributed by atoms with E-state index in [1.54, 1.807) is 0 Å². The van der Waals surface area contributed by atoms with E-state index in [1.165, 1.54) is 18.4 Å². The molecule has 1 aromatic carbocycles. The lowest BCUT2D eigenvalue weighted by molar-refractivity contribution is 0.0188. The van der Waals surface area contributed by atoms with Gasteiger partial charge in [-0.15, -0.1) is 0 Å². The van der Waals surface area contributed by atoms with Gasteiger partial charge in [0.1, 0.15) is 12.4 Å². The van der Waals surface area contributed by atoms with Gasteiger partial charge in [-0.2, -0.15) is 0 Å². The highest BCUT2D eigenvalue weighted by Crippen LogP contribution is 2.21. The molecule has 118 valence electrons. The lowest BCUT2D eigenvalue weighted by Gasteiger charge is -2.15. The summed E-state index contributed by atoms with van der Waals surface area (Å²) in [7, 11) is 0. The van der Waals surface area contributed by atoms with Crippen LogP contribution in [0.3, 0.4) is 0 Å². The molecule has 2 rings (SSSR count). The Morgan fingerprint density at radius 2 is 1.90 bits per heavy atom. The second-order valence-corrected chi connectivity index (χ2v) is 5.82. The summed E-state index contributed by atoms with van der Waals surface area (Å²) in [5, 5.41) is 3.34. The van der Waals surface area contributed by atoms with Crippen LogP contribution < -0.4 is 10.1 Å². The van der Waals surface area contributed by atoms with Crippen molar-refractivity contribution in [3.63, 3.8) is 0 Å². The van der Waals surface area contributed by atoms with E-state index in [9.17, 15) is 0 Å². The van der Waals surface area contributed by atoms with Gasteiger partial charge < -0.3 is 14.8 Å². The topological polar surface area (TPSA) is 30.5 Å². The summed E-state index contributed by atoms with van der Waals surface area (Å²) in [5.41, 5.74) is 1.40. The van der Waals surface area contributed by atoms with Gasteiger partial charge in [0.15, 0.2) is 0 Å². The molecule has 0 bridgehead atoms. The Kier molecular flexibility index (Phi) is 7.04. The summed E-state index contributed by atoms with van der Waals surface area (Å²) in [5.74, 6) is 0.953. The van der Waals surface area contributed by atoms with Crippen molar-refractivity contribution < 1.29 is 9.47 Å². The van der Waals surface area contributed by atoms with E-state index in [0.29, 0.717) is 12.7 Å². The molecule has 1 aromatic rings. The van der Waals surface area contributed by atoms with Crippen LogP contribution in [0.4, 0.5) is 0 Å². The second-order valence-electron chi connectivity index (χ2n) is 5.82. The first-order valence-corrected chi connectivity index (χ1v) is 8.39. The summed E-state index contributed by atoms with van der Waals surface area (Å²) in [6, 6.07) is 8.51. The molecule has 1 aliphatic heterocycles. The van der Waals surface area contributed by atoms with Gasteiger partial charge in [0, 0.05) is 6.54 Å². The molecule has 2 unspecified atom stereocenters. The highest BCUT2D eigenvalue weighted by molar-refractivity contribution is 5.27. The van der Waals surface area contributed by atoms with Crippen LogP contribution in [0.15, 0.2) is 24.3 Å². The summed E-state index contributed by atoms with van der Waals surface area (Å²) < 4.78 is 11.8. The molecule has 1 aliphatic rings. The fourth-order valence-corrected chi connectivity index (χ4v) is 2.68. The van der Waals surface area contributed by atoms with Crippen molar-refractivity contribution in [2.45, 2.75) is 58.2 Å². The smallest absolute Gasteiger partial charge is 0.119 e. The molecule has 1 N–H and O–H groups in total. The molecule has 3 heteroatoms. The molecule has 0 saturated carbocycles. The number of hydrogen-bond acceptors (Lipinski definition) is 3. The number of unbranched alkanes of at least 4 members (excludes halogenated alkanes) is 1. The van der Waals surface area contributed by atoms with Crippen LogP contribution in [0.25, 0.3) is 0 Å². The summed E-state index contributed by atoms with van der Waals surface area (Å²) in [6.45, 7) is 6.98. The predicted molar refractivity (Wildman–Crippen MR) is 87.0 cm³/mol. The number of ether oxygens (including phenoxy) is 2. The van der Waals surface area contributed by atoms with Gasteiger partial charge in [0.2, 0.25) is 0 Å². The molecule has 0 spiro atoms. The van der Waals surface area contributed by atoms with Crippen molar-refractivity contribution in [1.82, 2.24) is 5.32 Å². The second kappa shape index (κ2) is 9.06. The molecule has 0 amide bonds. The highest BCUT2D eigenvalue weighted by atomic mass is 16.5. The molecule has 1 saturated heterocycles. The zero-order chi connectivity index (χ0) is 14.9. The molecule has 2 atom stereocenters. The van der Waals surface area contributed by atoms with Crippen LogP contribution in [-0.2, 0) is 11.2 Å². The average Bonchev–Trinajstić information content (AvgIpc) is 2.98. The third-order valence-electron chi connectivity index (χ3n) is 4.00. The van der Waals surface area contributed by atoms with Gasteiger partial charge in [-0.3, -0.25) is 0 Å². The minimum atomic E-state index is 0.244. The molecule has 0 radical (unpaired) electrons. The molecule has 3 nitrogen and oxygen atoms in total. The van der Waals surface area contributed by atoms with Crippen LogP contribution in [0.2, 0.25) is 0 Å². The SMILES string of the molecule is CCCCc1ccc(OCC2CCC(CNCC)O2)cc1. The maximum Gasteiger partial charge on any atom is 0.119 e. The Labute approximate surface area is 129 Å². The van der Waals surface area contributed by atoms with Crippen LogP contribution >= 0.6 is 0 Å². The minimum Gasteiger partial charge on any atom is -0.491 e. The summed E-state index contributed by atoms with van der Waals surface area (Å²) in [6.07, 6.45) is 6.49. The van der Waals surface area contributed by atoms with E-state index >= 15 is 0 Å². The molecule has 1 fully saturated rings. The zero-order valence-electron chi connectivity index (χ0n) is 13.4. The molecular formula is C18H29NO2. The lowest BCUT2D eigenvalue weighted by Crippen LogP contribution is -2.28. The van der Waals surface area contributed by atoms with E-state index in [4.69, 9.17) is 9.47 Å². The van der Waals surface area contributed by atoms with Gasteiger partial charge in [-0.1, -0.05) is 32.4 Å². The number of rotatable bonds is 9. The van der Waals surface area contributed by atoms with Gasteiger partial charge in [-0.25, -0.2) is 0 Å². The van der Waals surface area contributed by atoms with E-state index in [0.717, 1.165) is 38.1 Å². The van der Waals surface area contributed by atoms with Crippen molar-refractivity contribution in [2.24, 2.45) is 0 Å². The standard InChI is InChI=1S/C18H29NO2/c1-3-5-6-15-7-9-16(10-8-15)20-14-18-12-11-17(21-18)13-19-4-2/h7-10,17-19H,3-6,11-14H2,1-2H3. The Morgan fingerprint density at radius 1 is 1.14 bits per heavy atom. The molecule has 0 aromatic heterocycles. The van der Waals surface area contributed by atoms with Crippen LogP contribution in [-0.4, -0.2) is 31.9 Å². The first-order valence-electron chi connectivity index (χ1n) is 8.39. The third-order valence-corrected chi connectivity index (χ3v) is 4.00. The first-order chi connectivity index (χ1) is 10.3. The monoisotopic (exact) mass is 291 g/mol. The van der Waals surface area contributed by atoms with E-state index in [-0.39, 0.29) is 6.10 Å². The van der Waals surface area contributed by atoms with Crippen molar-refractivity contribution >= 4 is 0 Å². The molecular weight excluding hydrogens is 262 g/mol. The maximum atomic E-state index is 5.97. The van der Waals surface area contributed by atoms with Gasteiger partial charge in [-0.05, 0) is 49.9 Å². The number of hydrogen-bond donors (Lipinski definition) is 1. The van der Waals surface area contributed by atoms with Crippen molar-refractivity contribution in [3.8, 4) is 5.75 Å². The molecule has 0 aliphatic carbocycles. The van der Waals surface area contributed by atoms with Crippen molar-refractivity contribution in [1.29, 1.82) is 0 Å². The molecule has 21 heavy (non-hydrogen) atoms. The highest BCUT2D eigenvalue weighted by Gasteiger charge is 2.25. The van der Waals surface area contributed by atoms with Crippen LogP contribution in [0.5, 0.6) is 5.75 Å². The minimum absolute atomic E-state index is 0.244. The summed E-state index contributed by atoms with van der Waals surface area (Å²) in [4.78, 5) is 0. The van der Waals surface area contributed by atoms with E-state index in [2.05, 4.69) is 43.4 Å². The average molecular weight is 291 g/mol. The number of nitrogens with one attached hydrogen (secondary N) is 1. The number of likely N-dealkylation sites (N-methyl/N-ethyl adjacent to an activating group) is 1. The normalized spacial score (nSPS) is 21.6. The largest absolute Gasteiger partial charge is 0.491 e. The van der Waals surface area contributed by atoms with Crippen molar-refractivity contribution in [3.05, 3.63) is 29.8 Å². The van der Waals surface area contributed by atoms with E-state index < -0.39 is 0 Å². The summed E-state index contributed by atoms with van der Waals surface area (Å²) >= 11 is 0. The van der Waals surface area contributed by atoms with Crippen LogP contribution in [0.1, 0.15) is 45.1 Å². The maximum absolute atomic E-state index is 5.97. The first kappa shape index (κ1) is 16.3. The van der Waals surface area contributed by atoms with Gasteiger partial charge in [0.05, 0.1) is 12.2 Å². The lowest BCUT2D eigenvalue weighted by atomic mass is 10.1. The Balaban J connectivity index is 1.68. The predicted octanol–water partition coefficient (Wildman–Crippen LogP) is 3.57. The third kappa shape index (κ3) is 5.68. The Hall–Kier alpha value is -1.06. The zero-order valence-corrected chi connectivity index (χ0v) is 13.4. The fraction of sp³-hybridized carbons (Fsp3) is 0.667. The fourth-order valence-electron chi connectivity index (χ4n) is 2.68. The van der Waals surface area contributed by atoms with Gasteiger partial charge in [0.25, 0.3) is 0 Å². The number of benzene rings is 1. The Morgan fingerprint density at radius 3 is 2.62 bits per heavy atom. The van der Waals surface area contributed by atoms with Gasteiger partial charge >= 0.3 is 0 Å². The van der Waals surface area contributed by atoms with E-state index in [1.807, 2.05) is 0 Å². The Bertz CT molecular complexity index is 391. The quantitative estimate of drug-likeness (QED) is 0.754. The van der Waals surface area contributed by atoms with Crippen molar-refractivity contribution in [2.75, 3.05) is 19.7 Å². The van der Waals surface area contributed by atoms with Crippen LogP contribution in [0, 0.1) is 0 Å². The number of aryl methyl sites for hydroxylation is 1. The molecule has 1 heterocycles.